The van der Waals surface area contributed by atoms with Crippen LogP contribution in [-0.4, -0.2) is 26.8 Å². The standard InChI is InChI=1S/C19H33NO/c1-6-7-16(4)19(14-20-12-13-21-5)18-10-8-17(9-11-18)15(2)3/h8-11,15-16,19-20H,6-7,12-14H2,1-5H3. The van der Waals surface area contributed by atoms with E-state index in [4.69, 9.17) is 4.74 Å². The Balaban J connectivity index is 2.74. The van der Waals surface area contributed by atoms with Crippen molar-refractivity contribution in [2.75, 3.05) is 26.8 Å². The van der Waals surface area contributed by atoms with E-state index in [0.717, 1.165) is 19.7 Å². The Bertz CT molecular complexity index is 372. The number of hydrogen-bond acceptors (Lipinski definition) is 2. The normalized spacial score (nSPS) is 14.4. The van der Waals surface area contributed by atoms with Gasteiger partial charge < -0.3 is 10.1 Å². The molecule has 2 nitrogen and oxygen atoms in total. The first-order chi connectivity index (χ1) is 10.1. The predicted octanol–water partition coefficient (Wildman–Crippen LogP) is 4.57. The Morgan fingerprint density at radius 3 is 2.19 bits per heavy atom. The zero-order valence-electron chi connectivity index (χ0n) is 14.5. The summed E-state index contributed by atoms with van der Waals surface area (Å²) in [5, 5.41) is 3.54. The molecule has 0 spiro atoms. The van der Waals surface area contributed by atoms with Gasteiger partial charge in [0.15, 0.2) is 0 Å². The Kier molecular flexibility index (Phi) is 8.63. The van der Waals surface area contributed by atoms with Gasteiger partial charge in [-0.3, -0.25) is 0 Å². The molecule has 2 heteroatoms. The van der Waals surface area contributed by atoms with E-state index in [0.29, 0.717) is 17.8 Å². The van der Waals surface area contributed by atoms with Gasteiger partial charge in [-0.15, -0.1) is 0 Å². The molecule has 0 amide bonds. The number of ether oxygens (including phenoxy) is 1. The van der Waals surface area contributed by atoms with Crippen molar-refractivity contribution in [3.8, 4) is 0 Å². The summed E-state index contributed by atoms with van der Waals surface area (Å²) in [4.78, 5) is 0. The van der Waals surface area contributed by atoms with E-state index in [-0.39, 0.29) is 0 Å². The van der Waals surface area contributed by atoms with E-state index in [1.165, 1.54) is 24.0 Å². The summed E-state index contributed by atoms with van der Waals surface area (Å²) in [5.41, 5.74) is 2.89. The van der Waals surface area contributed by atoms with Gasteiger partial charge in [0.25, 0.3) is 0 Å². The summed E-state index contributed by atoms with van der Waals surface area (Å²) in [5.74, 6) is 1.89. The predicted molar refractivity (Wildman–Crippen MR) is 92.1 cm³/mol. The molecule has 0 fully saturated rings. The molecule has 0 bridgehead atoms. The first kappa shape index (κ1) is 18.2. The smallest absolute Gasteiger partial charge is 0.0587 e. The van der Waals surface area contributed by atoms with Gasteiger partial charge in [0.05, 0.1) is 6.61 Å². The molecule has 1 rings (SSSR count). The van der Waals surface area contributed by atoms with Crippen molar-refractivity contribution in [3.63, 3.8) is 0 Å². The van der Waals surface area contributed by atoms with Crippen LogP contribution in [0, 0.1) is 5.92 Å². The van der Waals surface area contributed by atoms with Crippen molar-refractivity contribution in [3.05, 3.63) is 35.4 Å². The number of hydrogen-bond donors (Lipinski definition) is 1. The summed E-state index contributed by atoms with van der Waals surface area (Å²) in [7, 11) is 1.75. The number of benzene rings is 1. The number of nitrogens with one attached hydrogen (secondary N) is 1. The Morgan fingerprint density at radius 1 is 1.05 bits per heavy atom. The fourth-order valence-electron chi connectivity index (χ4n) is 2.86. The first-order valence-corrected chi connectivity index (χ1v) is 8.39. The molecule has 21 heavy (non-hydrogen) atoms. The first-order valence-electron chi connectivity index (χ1n) is 8.39. The molecule has 1 aromatic carbocycles. The minimum Gasteiger partial charge on any atom is -0.383 e. The van der Waals surface area contributed by atoms with E-state index < -0.39 is 0 Å². The van der Waals surface area contributed by atoms with Crippen molar-refractivity contribution >= 4 is 0 Å². The van der Waals surface area contributed by atoms with Gasteiger partial charge in [-0.2, -0.15) is 0 Å². The summed E-state index contributed by atoms with van der Waals surface area (Å²) in [6.45, 7) is 11.9. The van der Waals surface area contributed by atoms with Crippen molar-refractivity contribution in [1.82, 2.24) is 5.32 Å². The molecule has 0 aliphatic carbocycles. The van der Waals surface area contributed by atoms with Gasteiger partial charge >= 0.3 is 0 Å². The monoisotopic (exact) mass is 291 g/mol. The van der Waals surface area contributed by atoms with E-state index in [9.17, 15) is 0 Å². The Morgan fingerprint density at radius 2 is 1.67 bits per heavy atom. The third-order valence-corrected chi connectivity index (χ3v) is 4.31. The lowest BCUT2D eigenvalue weighted by Crippen LogP contribution is -2.28. The fraction of sp³-hybridized carbons (Fsp3) is 0.684. The zero-order valence-corrected chi connectivity index (χ0v) is 14.5. The van der Waals surface area contributed by atoms with Crippen LogP contribution in [0.4, 0.5) is 0 Å². The fourth-order valence-corrected chi connectivity index (χ4v) is 2.86. The molecule has 0 saturated carbocycles. The van der Waals surface area contributed by atoms with Crippen LogP contribution >= 0.6 is 0 Å². The summed E-state index contributed by atoms with van der Waals surface area (Å²) >= 11 is 0. The quantitative estimate of drug-likeness (QED) is 0.638. The molecule has 0 aliphatic heterocycles. The zero-order chi connectivity index (χ0) is 15.7. The van der Waals surface area contributed by atoms with Gasteiger partial charge in [0, 0.05) is 20.2 Å². The van der Waals surface area contributed by atoms with Gasteiger partial charge in [-0.05, 0) is 28.9 Å². The van der Waals surface area contributed by atoms with E-state index in [2.05, 4.69) is 57.3 Å². The van der Waals surface area contributed by atoms with E-state index in [1.807, 2.05) is 0 Å². The van der Waals surface area contributed by atoms with Crippen molar-refractivity contribution < 1.29 is 4.74 Å². The minimum atomic E-state index is 0.586. The van der Waals surface area contributed by atoms with Gasteiger partial charge in [0.2, 0.25) is 0 Å². The molecule has 2 atom stereocenters. The summed E-state index contributed by atoms with van der Waals surface area (Å²) in [6.07, 6.45) is 2.53. The maximum absolute atomic E-state index is 5.12. The molecule has 0 aliphatic rings. The maximum atomic E-state index is 5.12. The topological polar surface area (TPSA) is 21.3 Å². The summed E-state index contributed by atoms with van der Waals surface area (Å²) < 4.78 is 5.12. The highest BCUT2D eigenvalue weighted by molar-refractivity contribution is 5.27. The van der Waals surface area contributed by atoms with Crippen LogP contribution in [0.25, 0.3) is 0 Å². The van der Waals surface area contributed by atoms with E-state index in [1.54, 1.807) is 7.11 Å². The van der Waals surface area contributed by atoms with Crippen molar-refractivity contribution in [2.24, 2.45) is 5.92 Å². The van der Waals surface area contributed by atoms with Crippen molar-refractivity contribution in [1.29, 1.82) is 0 Å². The average molecular weight is 291 g/mol. The SMILES string of the molecule is CCCC(C)C(CNCCOC)c1ccc(C(C)C)cc1. The van der Waals surface area contributed by atoms with E-state index >= 15 is 0 Å². The van der Waals surface area contributed by atoms with Crippen molar-refractivity contribution in [2.45, 2.75) is 52.4 Å². The highest BCUT2D eigenvalue weighted by Gasteiger charge is 2.18. The van der Waals surface area contributed by atoms with Crippen LogP contribution in [-0.2, 0) is 4.74 Å². The van der Waals surface area contributed by atoms with Crippen LogP contribution < -0.4 is 5.32 Å². The maximum Gasteiger partial charge on any atom is 0.0587 e. The molecular formula is C19H33NO. The largest absolute Gasteiger partial charge is 0.383 e. The Hall–Kier alpha value is -0.860. The Labute approximate surface area is 131 Å². The second-order valence-corrected chi connectivity index (χ2v) is 6.39. The molecule has 0 aromatic heterocycles. The van der Waals surface area contributed by atoms with Crippen LogP contribution in [0.5, 0.6) is 0 Å². The highest BCUT2D eigenvalue weighted by Crippen LogP contribution is 2.28. The molecular weight excluding hydrogens is 258 g/mol. The molecule has 0 saturated heterocycles. The molecule has 1 aromatic rings. The van der Waals surface area contributed by atoms with Gasteiger partial charge in [-0.1, -0.05) is 64.8 Å². The molecule has 0 radical (unpaired) electrons. The number of rotatable bonds is 10. The van der Waals surface area contributed by atoms with Crippen LogP contribution in [0.15, 0.2) is 24.3 Å². The minimum absolute atomic E-state index is 0.586. The number of methoxy groups -OCH3 is 1. The van der Waals surface area contributed by atoms with Crippen LogP contribution in [0.1, 0.15) is 63.5 Å². The lowest BCUT2D eigenvalue weighted by molar-refractivity contribution is 0.198. The third kappa shape index (κ3) is 6.19. The molecule has 120 valence electrons. The van der Waals surface area contributed by atoms with Gasteiger partial charge in [-0.25, -0.2) is 0 Å². The lowest BCUT2D eigenvalue weighted by atomic mass is 9.83. The molecule has 1 N–H and O–H groups in total. The second kappa shape index (κ2) is 9.97. The second-order valence-electron chi connectivity index (χ2n) is 6.39. The lowest BCUT2D eigenvalue weighted by Gasteiger charge is -2.25. The van der Waals surface area contributed by atoms with Crippen LogP contribution in [0.3, 0.4) is 0 Å². The van der Waals surface area contributed by atoms with Gasteiger partial charge in [0.1, 0.15) is 0 Å². The third-order valence-electron chi connectivity index (χ3n) is 4.31. The molecule has 0 heterocycles. The van der Waals surface area contributed by atoms with Crippen LogP contribution in [0.2, 0.25) is 0 Å². The average Bonchev–Trinajstić information content (AvgIpc) is 2.47. The highest BCUT2D eigenvalue weighted by atomic mass is 16.5. The summed E-state index contributed by atoms with van der Waals surface area (Å²) in [6, 6.07) is 9.23. The molecule has 2 unspecified atom stereocenters.